The van der Waals surface area contributed by atoms with Gasteiger partial charge in [-0.05, 0) is 36.0 Å². The molecule has 1 saturated heterocycles. The van der Waals surface area contributed by atoms with Crippen LogP contribution in [0.25, 0.3) is 0 Å². The van der Waals surface area contributed by atoms with Crippen LogP contribution in [0, 0.1) is 11.8 Å². The van der Waals surface area contributed by atoms with Gasteiger partial charge in [0.25, 0.3) is 0 Å². The lowest BCUT2D eigenvalue weighted by atomic mass is 9.94. The van der Waals surface area contributed by atoms with Crippen molar-refractivity contribution < 1.29 is 18.3 Å². The van der Waals surface area contributed by atoms with Crippen LogP contribution in [0.4, 0.5) is 0 Å². The third kappa shape index (κ3) is 3.02. The first kappa shape index (κ1) is 15.0. The zero-order chi connectivity index (χ0) is 14.9. The van der Waals surface area contributed by atoms with Crippen LogP contribution in [-0.2, 0) is 10.0 Å². The van der Waals surface area contributed by atoms with Gasteiger partial charge in [0.15, 0.2) is 0 Å². The number of aromatic carboxylic acids is 1. The van der Waals surface area contributed by atoms with E-state index in [1.165, 1.54) is 28.6 Å². The Kier molecular flexibility index (Phi) is 4.15. The normalized spacial score (nSPS) is 24.5. The van der Waals surface area contributed by atoms with Gasteiger partial charge in [-0.25, -0.2) is 8.42 Å². The summed E-state index contributed by atoms with van der Waals surface area (Å²) in [4.78, 5) is 10.8. The van der Waals surface area contributed by atoms with Crippen molar-refractivity contribution in [1.29, 1.82) is 0 Å². The minimum absolute atomic E-state index is 0.0238. The van der Waals surface area contributed by atoms with Crippen LogP contribution < -0.4 is 5.11 Å². The molecule has 5 nitrogen and oxygen atoms in total. The smallest absolute Gasteiger partial charge is 0.243 e. The second kappa shape index (κ2) is 5.54. The van der Waals surface area contributed by atoms with Gasteiger partial charge in [-0.15, -0.1) is 0 Å². The number of carbonyl (C=O) groups is 1. The van der Waals surface area contributed by atoms with E-state index in [4.69, 9.17) is 0 Å². The van der Waals surface area contributed by atoms with Crippen molar-refractivity contribution >= 4 is 16.0 Å². The lowest BCUT2D eigenvalue weighted by molar-refractivity contribution is -0.255. The van der Waals surface area contributed by atoms with Crippen LogP contribution >= 0.6 is 0 Å². The predicted molar refractivity (Wildman–Crippen MR) is 72.5 cm³/mol. The molecule has 1 fully saturated rings. The van der Waals surface area contributed by atoms with Crippen LogP contribution in [0.3, 0.4) is 0 Å². The van der Waals surface area contributed by atoms with Gasteiger partial charge >= 0.3 is 0 Å². The molecule has 0 radical (unpaired) electrons. The highest BCUT2D eigenvalue weighted by Gasteiger charge is 2.31. The standard InChI is InChI=1S/C14H19NO4S/c1-10-7-11(2)9-15(8-10)20(18,19)13-5-3-12(4-6-13)14(16)17/h3-6,10-11H,7-9H2,1-2H3,(H,16,17)/p-1/t10-,11-/m0/s1. The highest BCUT2D eigenvalue weighted by molar-refractivity contribution is 7.89. The summed E-state index contributed by atoms with van der Waals surface area (Å²) in [6.07, 6.45) is 1.02. The molecule has 0 amide bonds. The van der Waals surface area contributed by atoms with Gasteiger partial charge in [0.05, 0.1) is 10.9 Å². The maximum atomic E-state index is 12.5. The zero-order valence-corrected chi connectivity index (χ0v) is 12.4. The number of rotatable bonds is 3. The Labute approximate surface area is 119 Å². The van der Waals surface area contributed by atoms with Gasteiger partial charge in [0.2, 0.25) is 10.0 Å². The first-order valence-electron chi connectivity index (χ1n) is 6.62. The maximum absolute atomic E-state index is 12.5. The van der Waals surface area contributed by atoms with Crippen molar-refractivity contribution in [3.63, 3.8) is 0 Å². The Bertz CT molecular complexity index is 584. The third-order valence-electron chi connectivity index (χ3n) is 3.56. The largest absolute Gasteiger partial charge is 0.545 e. The number of piperidine rings is 1. The third-order valence-corrected chi connectivity index (χ3v) is 5.41. The topological polar surface area (TPSA) is 77.5 Å². The molecule has 0 aromatic heterocycles. The molecule has 1 aliphatic heterocycles. The van der Waals surface area contributed by atoms with E-state index in [0.717, 1.165) is 6.42 Å². The summed E-state index contributed by atoms with van der Waals surface area (Å²) in [7, 11) is -3.55. The molecule has 0 bridgehead atoms. The van der Waals surface area contributed by atoms with Crippen molar-refractivity contribution in [3.05, 3.63) is 29.8 Å². The fourth-order valence-electron chi connectivity index (χ4n) is 2.71. The predicted octanol–water partition coefficient (Wildman–Crippen LogP) is 0.717. The molecular formula is C14H18NO4S-. The molecule has 1 aromatic rings. The average molecular weight is 296 g/mol. The molecule has 20 heavy (non-hydrogen) atoms. The van der Waals surface area contributed by atoms with E-state index in [2.05, 4.69) is 0 Å². The van der Waals surface area contributed by atoms with Gasteiger partial charge in [-0.3, -0.25) is 0 Å². The van der Waals surface area contributed by atoms with Gasteiger partial charge in [0, 0.05) is 13.1 Å². The molecule has 2 atom stereocenters. The van der Waals surface area contributed by atoms with E-state index in [0.29, 0.717) is 24.9 Å². The van der Waals surface area contributed by atoms with E-state index in [1.807, 2.05) is 13.8 Å². The summed E-state index contributed by atoms with van der Waals surface area (Å²) in [5.74, 6) is -0.652. The summed E-state index contributed by atoms with van der Waals surface area (Å²) in [6, 6.07) is 5.17. The average Bonchev–Trinajstić information content (AvgIpc) is 2.37. The Hall–Kier alpha value is -1.40. The quantitative estimate of drug-likeness (QED) is 0.823. The minimum atomic E-state index is -3.55. The van der Waals surface area contributed by atoms with Crippen molar-refractivity contribution in [3.8, 4) is 0 Å². The second-order valence-corrected chi connectivity index (χ2v) is 7.52. The number of carboxylic acid groups (broad SMARTS) is 1. The molecule has 0 unspecified atom stereocenters. The number of benzene rings is 1. The van der Waals surface area contributed by atoms with E-state index < -0.39 is 16.0 Å². The number of carbonyl (C=O) groups excluding carboxylic acids is 1. The Morgan fingerprint density at radius 2 is 1.65 bits per heavy atom. The molecule has 110 valence electrons. The monoisotopic (exact) mass is 296 g/mol. The van der Waals surface area contributed by atoms with E-state index >= 15 is 0 Å². The Morgan fingerprint density at radius 1 is 1.15 bits per heavy atom. The first-order chi connectivity index (χ1) is 9.30. The summed E-state index contributed by atoms with van der Waals surface area (Å²) < 4.78 is 26.5. The number of carboxylic acids is 1. The van der Waals surface area contributed by atoms with E-state index in [-0.39, 0.29) is 10.5 Å². The summed E-state index contributed by atoms with van der Waals surface area (Å²) >= 11 is 0. The fraction of sp³-hybridized carbons (Fsp3) is 0.500. The van der Waals surface area contributed by atoms with Crippen molar-refractivity contribution in [1.82, 2.24) is 4.31 Å². The summed E-state index contributed by atoms with van der Waals surface area (Å²) in [5, 5.41) is 10.7. The molecule has 0 saturated carbocycles. The lowest BCUT2D eigenvalue weighted by Crippen LogP contribution is -2.42. The van der Waals surface area contributed by atoms with Crippen LogP contribution in [0.1, 0.15) is 30.6 Å². The number of hydrogen-bond donors (Lipinski definition) is 0. The molecule has 1 heterocycles. The van der Waals surface area contributed by atoms with Gasteiger partial charge < -0.3 is 9.90 Å². The molecule has 1 aliphatic rings. The van der Waals surface area contributed by atoms with Crippen molar-refractivity contribution in [2.24, 2.45) is 11.8 Å². The van der Waals surface area contributed by atoms with E-state index in [1.54, 1.807) is 0 Å². The molecule has 0 N–H and O–H groups in total. The second-order valence-electron chi connectivity index (χ2n) is 5.58. The van der Waals surface area contributed by atoms with Gasteiger partial charge in [0.1, 0.15) is 0 Å². The molecule has 6 heteroatoms. The SMILES string of the molecule is C[C@H]1C[C@H](C)CN(S(=O)(=O)c2ccc(C(=O)[O-])cc2)C1. The molecule has 2 rings (SSSR count). The van der Waals surface area contributed by atoms with Crippen LogP contribution in [0.5, 0.6) is 0 Å². The number of sulfonamides is 1. The van der Waals surface area contributed by atoms with Gasteiger partial charge in [-0.1, -0.05) is 26.0 Å². The highest BCUT2D eigenvalue weighted by Crippen LogP contribution is 2.26. The van der Waals surface area contributed by atoms with E-state index in [9.17, 15) is 18.3 Å². The molecule has 0 spiro atoms. The van der Waals surface area contributed by atoms with Crippen molar-refractivity contribution in [2.45, 2.75) is 25.2 Å². The molecular weight excluding hydrogens is 278 g/mol. The summed E-state index contributed by atoms with van der Waals surface area (Å²) in [5.41, 5.74) is -0.0238. The minimum Gasteiger partial charge on any atom is -0.545 e. The summed E-state index contributed by atoms with van der Waals surface area (Å²) in [6.45, 7) is 5.10. The fourth-order valence-corrected chi connectivity index (χ4v) is 4.39. The number of nitrogens with zero attached hydrogens (tertiary/aromatic N) is 1. The molecule has 0 aliphatic carbocycles. The molecule has 1 aromatic carbocycles. The van der Waals surface area contributed by atoms with Crippen molar-refractivity contribution in [2.75, 3.05) is 13.1 Å². The van der Waals surface area contributed by atoms with Gasteiger partial charge in [-0.2, -0.15) is 4.31 Å². The Morgan fingerprint density at radius 3 is 2.10 bits per heavy atom. The zero-order valence-electron chi connectivity index (χ0n) is 11.6. The van der Waals surface area contributed by atoms with Crippen LogP contribution in [-0.4, -0.2) is 31.8 Å². The highest BCUT2D eigenvalue weighted by atomic mass is 32.2. The first-order valence-corrected chi connectivity index (χ1v) is 8.06. The van der Waals surface area contributed by atoms with Crippen LogP contribution in [0.15, 0.2) is 29.2 Å². The lowest BCUT2D eigenvalue weighted by Gasteiger charge is -2.34. The maximum Gasteiger partial charge on any atom is 0.243 e. The number of hydrogen-bond acceptors (Lipinski definition) is 4. The Balaban J connectivity index is 2.27. The van der Waals surface area contributed by atoms with Crippen LogP contribution in [0.2, 0.25) is 0 Å².